The van der Waals surface area contributed by atoms with E-state index in [1.54, 1.807) is 14.2 Å². The highest BCUT2D eigenvalue weighted by Gasteiger charge is 2.29. The quantitative estimate of drug-likeness (QED) is 0.799. The predicted octanol–water partition coefficient (Wildman–Crippen LogP) is 3.82. The Bertz CT molecular complexity index is 654. The van der Waals surface area contributed by atoms with Crippen molar-refractivity contribution in [3.8, 4) is 17.2 Å². The Hall–Kier alpha value is -2.20. The second-order valence-corrected chi connectivity index (χ2v) is 6.68. The van der Waals surface area contributed by atoms with Crippen LogP contribution in [0.25, 0.3) is 0 Å². The molecule has 0 saturated carbocycles. The summed E-state index contributed by atoms with van der Waals surface area (Å²) in [6.07, 6.45) is 1.15. The van der Waals surface area contributed by atoms with Gasteiger partial charge in [0.25, 0.3) is 0 Å². The molecule has 134 valence electrons. The summed E-state index contributed by atoms with van der Waals surface area (Å²) in [5, 5.41) is 0. The summed E-state index contributed by atoms with van der Waals surface area (Å²) in [7, 11) is 5.56. The van der Waals surface area contributed by atoms with Crippen LogP contribution in [0, 0.1) is 5.92 Å². The summed E-state index contributed by atoms with van der Waals surface area (Å²) in [5.74, 6) is 3.63. The van der Waals surface area contributed by atoms with Crippen LogP contribution in [0.4, 0.5) is 0 Å². The molecule has 2 aromatic rings. The van der Waals surface area contributed by atoms with Crippen LogP contribution >= 0.6 is 0 Å². The number of likely N-dealkylation sites (tertiary alicyclic amines) is 1. The van der Waals surface area contributed by atoms with Gasteiger partial charge >= 0.3 is 0 Å². The first-order valence-electron chi connectivity index (χ1n) is 8.79. The SMILES string of the molecule is COc1ccc(OCC2CN(C)CCC2c2ccc(OC)cc2)cc1. The van der Waals surface area contributed by atoms with Gasteiger partial charge in [0.2, 0.25) is 0 Å². The van der Waals surface area contributed by atoms with Crippen molar-refractivity contribution in [1.29, 1.82) is 0 Å². The van der Waals surface area contributed by atoms with Gasteiger partial charge in [-0.2, -0.15) is 0 Å². The molecule has 2 unspecified atom stereocenters. The molecule has 1 heterocycles. The summed E-state index contributed by atoms with van der Waals surface area (Å²) >= 11 is 0. The van der Waals surface area contributed by atoms with Crippen LogP contribution in [-0.4, -0.2) is 45.9 Å². The number of nitrogens with zero attached hydrogens (tertiary/aromatic N) is 1. The second kappa shape index (κ2) is 8.26. The molecule has 1 saturated heterocycles. The van der Waals surface area contributed by atoms with Crippen LogP contribution in [0.15, 0.2) is 48.5 Å². The number of hydrogen-bond donors (Lipinski definition) is 0. The summed E-state index contributed by atoms with van der Waals surface area (Å²) < 4.78 is 16.6. The maximum absolute atomic E-state index is 6.08. The van der Waals surface area contributed by atoms with E-state index in [2.05, 4.69) is 36.2 Å². The molecule has 0 aromatic heterocycles. The summed E-state index contributed by atoms with van der Waals surface area (Å²) in [6, 6.07) is 16.3. The van der Waals surface area contributed by atoms with E-state index < -0.39 is 0 Å². The van der Waals surface area contributed by atoms with Gasteiger partial charge in [-0.25, -0.2) is 0 Å². The zero-order chi connectivity index (χ0) is 17.6. The average molecular weight is 341 g/mol. The molecule has 4 heteroatoms. The van der Waals surface area contributed by atoms with Crippen molar-refractivity contribution in [1.82, 2.24) is 4.90 Å². The third kappa shape index (κ3) is 4.45. The first-order chi connectivity index (χ1) is 12.2. The van der Waals surface area contributed by atoms with E-state index in [4.69, 9.17) is 14.2 Å². The number of rotatable bonds is 6. The molecule has 0 aliphatic carbocycles. The van der Waals surface area contributed by atoms with Crippen LogP contribution in [-0.2, 0) is 0 Å². The molecular formula is C21H27NO3. The third-order valence-electron chi connectivity index (χ3n) is 5.00. The van der Waals surface area contributed by atoms with Gasteiger partial charge < -0.3 is 19.1 Å². The minimum Gasteiger partial charge on any atom is -0.497 e. The number of benzene rings is 2. The number of ether oxygens (including phenoxy) is 3. The predicted molar refractivity (Wildman–Crippen MR) is 99.8 cm³/mol. The molecular weight excluding hydrogens is 314 g/mol. The highest BCUT2D eigenvalue weighted by Crippen LogP contribution is 2.34. The molecule has 0 radical (unpaired) electrons. The lowest BCUT2D eigenvalue weighted by Crippen LogP contribution is -2.39. The summed E-state index contributed by atoms with van der Waals surface area (Å²) in [5.41, 5.74) is 1.37. The molecule has 2 atom stereocenters. The molecule has 1 fully saturated rings. The number of piperidine rings is 1. The zero-order valence-corrected chi connectivity index (χ0v) is 15.3. The standard InChI is InChI=1S/C21H27NO3/c1-22-13-12-21(16-4-6-18(23-2)7-5-16)17(14-22)15-25-20-10-8-19(24-3)9-11-20/h4-11,17,21H,12-15H2,1-3H3. The van der Waals surface area contributed by atoms with Crippen LogP contribution in [0.2, 0.25) is 0 Å². The van der Waals surface area contributed by atoms with Crippen LogP contribution < -0.4 is 14.2 Å². The Morgan fingerprint density at radius 3 is 2.04 bits per heavy atom. The van der Waals surface area contributed by atoms with E-state index in [0.717, 1.165) is 36.8 Å². The Morgan fingerprint density at radius 1 is 0.880 bits per heavy atom. The van der Waals surface area contributed by atoms with E-state index in [1.807, 2.05) is 24.3 Å². The first kappa shape index (κ1) is 17.6. The Morgan fingerprint density at radius 2 is 1.44 bits per heavy atom. The maximum Gasteiger partial charge on any atom is 0.119 e. The van der Waals surface area contributed by atoms with Gasteiger partial charge in [0.1, 0.15) is 17.2 Å². The van der Waals surface area contributed by atoms with Crippen LogP contribution in [0.1, 0.15) is 17.9 Å². The normalized spacial score (nSPS) is 20.9. The number of hydrogen-bond acceptors (Lipinski definition) is 4. The van der Waals surface area contributed by atoms with E-state index in [1.165, 1.54) is 5.56 Å². The second-order valence-electron chi connectivity index (χ2n) is 6.68. The fourth-order valence-electron chi connectivity index (χ4n) is 3.55. The van der Waals surface area contributed by atoms with E-state index in [-0.39, 0.29) is 0 Å². The topological polar surface area (TPSA) is 30.9 Å². The van der Waals surface area contributed by atoms with Crippen molar-refractivity contribution in [2.24, 2.45) is 5.92 Å². The lowest BCUT2D eigenvalue weighted by atomic mass is 9.81. The molecule has 25 heavy (non-hydrogen) atoms. The lowest BCUT2D eigenvalue weighted by Gasteiger charge is -2.37. The van der Waals surface area contributed by atoms with Crippen molar-refractivity contribution >= 4 is 0 Å². The van der Waals surface area contributed by atoms with Gasteiger partial charge in [0.15, 0.2) is 0 Å². The highest BCUT2D eigenvalue weighted by molar-refractivity contribution is 5.32. The van der Waals surface area contributed by atoms with Crippen molar-refractivity contribution in [3.05, 3.63) is 54.1 Å². The lowest BCUT2D eigenvalue weighted by molar-refractivity contribution is 0.129. The van der Waals surface area contributed by atoms with Gasteiger partial charge in [0, 0.05) is 12.5 Å². The van der Waals surface area contributed by atoms with Gasteiger partial charge in [-0.1, -0.05) is 12.1 Å². The molecule has 4 nitrogen and oxygen atoms in total. The minimum atomic E-state index is 0.467. The molecule has 1 aliphatic heterocycles. The molecule has 1 aliphatic rings. The van der Waals surface area contributed by atoms with Gasteiger partial charge in [0.05, 0.1) is 20.8 Å². The minimum absolute atomic E-state index is 0.467. The monoisotopic (exact) mass is 341 g/mol. The Labute approximate surface area is 150 Å². The fourth-order valence-corrected chi connectivity index (χ4v) is 3.55. The van der Waals surface area contributed by atoms with Gasteiger partial charge in [-0.3, -0.25) is 0 Å². The van der Waals surface area contributed by atoms with Crippen LogP contribution in [0.5, 0.6) is 17.2 Å². The van der Waals surface area contributed by atoms with Gasteiger partial charge in [-0.05, 0) is 67.9 Å². The average Bonchev–Trinajstić information content (AvgIpc) is 2.67. The molecule has 0 bridgehead atoms. The smallest absolute Gasteiger partial charge is 0.119 e. The Kier molecular flexibility index (Phi) is 5.82. The van der Waals surface area contributed by atoms with Crippen molar-refractivity contribution in [3.63, 3.8) is 0 Å². The molecule has 3 rings (SSSR count). The molecule has 0 spiro atoms. The molecule has 0 amide bonds. The van der Waals surface area contributed by atoms with Crippen molar-refractivity contribution in [2.75, 3.05) is 41.0 Å². The highest BCUT2D eigenvalue weighted by atomic mass is 16.5. The molecule has 0 N–H and O–H groups in total. The first-order valence-corrected chi connectivity index (χ1v) is 8.79. The Balaban J connectivity index is 1.68. The fraction of sp³-hybridized carbons (Fsp3) is 0.429. The summed E-state index contributed by atoms with van der Waals surface area (Å²) in [4.78, 5) is 2.39. The third-order valence-corrected chi connectivity index (χ3v) is 5.00. The summed E-state index contributed by atoms with van der Waals surface area (Å²) in [6.45, 7) is 2.88. The molecule has 2 aromatic carbocycles. The van der Waals surface area contributed by atoms with E-state index >= 15 is 0 Å². The van der Waals surface area contributed by atoms with Crippen LogP contribution in [0.3, 0.4) is 0 Å². The van der Waals surface area contributed by atoms with Crippen molar-refractivity contribution < 1.29 is 14.2 Å². The van der Waals surface area contributed by atoms with E-state index in [9.17, 15) is 0 Å². The largest absolute Gasteiger partial charge is 0.497 e. The number of methoxy groups -OCH3 is 2. The van der Waals surface area contributed by atoms with Crippen molar-refractivity contribution in [2.45, 2.75) is 12.3 Å². The van der Waals surface area contributed by atoms with E-state index in [0.29, 0.717) is 18.4 Å². The maximum atomic E-state index is 6.08. The zero-order valence-electron chi connectivity index (χ0n) is 15.3. The van der Waals surface area contributed by atoms with Gasteiger partial charge in [-0.15, -0.1) is 0 Å².